The molecule has 1 aliphatic heterocycles. The Morgan fingerprint density at radius 3 is 2.57 bits per heavy atom. The van der Waals surface area contributed by atoms with E-state index in [1.807, 2.05) is 6.92 Å². The lowest BCUT2D eigenvalue weighted by Crippen LogP contribution is -2.52. The van der Waals surface area contributed by atoms with Gasteiger partial charge in [-0.05, 0) is 42.8 Å². The van der Waals surface area contributed by atoms with Gasteiger partial charge in [-0.2, -0.15) is 0 Å². The van der Waals surface area contributed by atoms with E-state index in [1.165, 1.54) is 12.1 Å². The lowest BCUT2D eigenvalue weighted by molar-refractivity contribution is 0.0800. The zero-order chi connectivity index (χ0) is 19.7. The number of benzene rings is 2. The van der Waals surface area contributed by atoms with E-state index in [0.29, 0.717) is 55.0 Å². The van der Waals surface area contributed by atoms with Gasteiger partial charge in [0, 0.05) is 31.7 Å². The Hall–Kier alpha value is -2.93. The normalized spacial score (nSPS) is 16.4. The van der Waals surface area contributed by atoms with Gasteiger partial charge in [0.25, 0.3) is 0 Å². The molecule has 146 valence electrons. The zero-order valence-corrected chi connectivity index (χ0v) is 15.6. The van der Waals surface area contributed by atoms with E-state index in [1.54, 1.807) is 30.3 Å². The summed E-state index contributed by atoms with van der Waals surface area (Å²) in [6.45, 7) is 4.70. The van der Waals surface area contributed by atoms with Gasteiger partial charge in [-0.25, -0.2) is 4.39 Å². The Bertz CT molecular complexity index is 978. The summed E-state index contributed by atoms with van der Waals surface area (Å²) in [7, 11) is 0. The third-order valence-electron chi connectivity index (χ3n) is 5.33. The first kappa shape index (κ1) is 18.4. The largest absolute Gasteiger partial charge is 0.507 e. The molecule has 0 amide bonds. The van der Waals surface area contributed by atoms with E-state index in [2.05, 4.69) is 15.0 Å². The molecule has 28 heavy (non-hydrogen) atoms. The second-order valence-electron chi connectivity index (χ2n) is 6.97. The van der Waals surface area contributed by atoms with Crippen LogP contribution in [0, 0.1) is 5.82 Å². The van der Waals surface area contributed by atoms with E-state index in [9.17, 15) is 14.3 Å². The lowest BCUT2D eigenvalue weighted by Gasteiger charge is -2.38. The third kappa shape index (κ3) is 3.33. The minimum atomic E-state index is -0.346. The number of phenolic OH excluding ortho intramolecular Hbond substituents is 1. The highest BCUT2D eigenvalue weighted by atomic mass is 19.1. The number of nitrogens with zero attached hydrogens (tertiary/aromatic N) is 3. The number of carbonyl (C=O) groups excluding carboxylic acids is 1. The highest BCUT2D eigenvalue weighted by molar-refractivity contribution is 6.00. The van der Waals surface area contributed by atoms with Crippen molar-refractivity contribution >= 4 is 22.6 Å². The Morgan fingerprint density at radius 2 is 1.89 bits per heavy atom. The predicted molar refractivity (Wildman–Crippen MR) is 104 cm³/mol. The van der Waals surface area contributed by atoms with Gasteiger partial charge in [0.15, 0.2) is 17.2 Å². The van der Waals surface area contributed by atoms with Crippen LogP contribution < -0.4 is 4.90 Å². The van der Waals surface area contributed by atoms with Gasteiger partial charge in [0.1, 0.15) is 17.0 Å². The standard InChI is InChI=1S/C21H22FN3O3/c1-2-16(20(27)14-6-8-15(22)9-7-14)24-10-12-25(13-11-24)21-19-17(26)4-3-5-18(19)28-23-21/h3-9,16,26H,2,10-13H2,1H3. The van der Waals surface area contributed by atoms with Crippen molar-refractivity contribution in [3.63, 3.8) is 0 Å². The quantitative estimate of drug-likeness (QED) is 0.681. The number of hydrogen-bond donors (Lipinski definition) is 1. The molecule has 1 unspecified atom stereocenters. The van der Waals surface area contributed by atoms with Crippen molar-refractivity contribution in [1.82, 2.24) is 10.1 Å². The number of phenols is 1. The highest BCUT2D eigenvalue weighted by Gasteiger charge is 2.30. The number of Topliss-reactive ketones (excluding diaryl/α,β-unsaturated/α-hetero) is 1. The van der Waals surface area contributed by atoms with Crippen LogP contribution in [0.1, 0.15) is 23.7 Å². The monoisotopic (exact) mass is 383 g/mol. The van der Waals surface area contributed by atoms with Crippen molar-refractivity contribution in [2.45, 2.75) is 19.4 Å². The van der Waals surface area contributed by atoms with Gasteiger partial charge in [-0.3, -0.25) is 9.69 Å². The van der Waals surface area contributed by atoms with Crippen molar-refractivity contribution in [3.05, 3.63) is 53.8 Å². The van der Waals surface area contributed by atoms with Gasteiger partial charge in [0.2, 0.25) is 0 Å². The fourth-order valence-electron chi connectivity index (χ4n) is 3.84. The van der Waals surface area contributed by atoms with Gasteiger partial charge in [-0.1, -0.05) is 18.1 Å². The molecule has 0 radical (unpaired) electrons. The van der Waals surface area contributed by atoms with Crippen LogP contribution in [-0.4, -0.2) is 53.2 Å². The second kappa shape index (κ2) is 7.59. The summed E-state index contributed by atoms with van der Waals surface area (Å²) in [6, 6.07) is 10.6. The van der Waals surface area contributed by atoms with E-state index in [4.69, 9.17) is 4.52 Å². The van der Waals surface area contributed by atoms with Crippen molar-refractivity contribution < 1.29 is 18.8 Å². The number of halogens is 1. The Balaban J connectivity index is 1.48. The summed E-state index contributed by atoms with van der Waals surface area (Å²) in [5.41, 5.74) is 1.08. The van der Waals surface area contributed by atoms with E-state index >= 15 is 0 Å². The fourth-order valence-corrected chi connectivity index (χ4v) is 3.84. The van der Waals surface area contributed by atoms with Crippen LogP contribution in [0.25, 0.3) is 11.0 Å². The van der Waals surface area contributed by atoms with Crippen LogP contribution in [-0.2, 0) is 0 Å². The first-order valence-corrected chi connectivity index (χ1v) is 9.44. The molecule has 0 aliphatic carbocycles. The molecule has 4 rings (SSSR count). The summed E-state index contributed by atoms with van der Waals surface area (Å²) in [4.78, 5) is 17.1. The topological polar surface area (TPSA) is 69.8 Å². The first-order chi connectivity index (χ1) is 13.6. The minimum Gasteiger partial charge on any atom is -0.507 e. The molecule has 2 heterocycles. The van der Waals surface area contributed by atoms with Crippen LogP contribution in [0.5, 0.6) is 5.75 Å². The van der Waals surface area contributed by atoms with Crippen LogP contribution in [0.4, 0.5) is 10.2 Å². The average Bonchev–Trinajstić information content (AvgIpc) is 3.15. The summed E-state index contributed by atoms with van der Waals surface area (Å²) < 4.78 is 18.5. The maximum Gasteiger partial charge on any atom is 0.183 e. The average molecular weight is 383 g/mol. The Labute approximate surface area is 162 Å². The number of anilines is 1. The molecular weight excluding hydrogens is 361 g/mol. The SMILES string of the molecule is CCC(C(=O)c1ccc(F)cc1)N1CCN(c2noc3cccc(O)c23)CC1. The highest BCUT2D eigenvalue weighted by Crippen LogP contribution is 2.34. The number of carbonyl (C=O) groups is 1. The molecule has 3 aromatic rings. The molecule has 1 aromatic heterocycles. The smallest absolute Gasteiger partial charge is 0.183 e. The van der Waals surface area contributed by atoms with Crippen LogP contribution >= 0.6 is 0 Å². The van der Waals surface area contributed by atoms with Crippen LogP contribution in [0.2, 0.25) is 0 Å². The van der Waals surface area contributed by atoms with E-state index in [-0.39, 0.29) is 23.4 Å². The molecule has 0 saturated carbocycles. The number of hydrogen-bond acceptors (Lipinski definition) is 6. The van der Waals surface area contributed by atoms with Gasteiger partial charge in [0.05, 0.1) is 6.04 Å². The molecule has 1 atom stereocenters. The number of aromatic nitrogens is 1. The number of rotatable bonds is 5. The second-order valence-corrected chi connectivity index (χ2v) is 6.97. The van der Waals surface area contributed by atoms with E-state index in [0.717, 1.165) is 0 Å². The first-order valence-electron chi connectivity index (χ1n) is 9.44. The predicted octanol–water partition coefficient (Wildman–Crippen LogP) is 3.46. The summed E-state index contributed by atoms with van der Waals surface area (Å²) in [6.07, 6.45) is 0.684. The van der Waals surface area contributed by atoms with Gasteiger partial charge >= 0.3 is 0 Å². The maximum atomic E-state index is 13.1. The molecule has 1 fully saturated rings. The molecule has 0 spiro atoms. The molecule has 7 heteroatoms. The van der Waals surface area contributed by atoms with Gasteiger partial charge in [-0.15, -0.1) is 0 Å². The van der Waals surface area contributed by atoms with Crippen molar-refractivity contribution in [3.8, 4) is 5.75 Å². The zero-order valence-electron chi connectivity index (χ0n) is 15.6. The van der Waals surface area contributed by atoms with Crippen LogP contribution in [0.15, 0.2) is 47.0 Å². The Kier molecular flexibility index (Phi) is 5.00. The van der Waals surface area contributed by atoms with Crippen molar-refractivity contribution in [2.24, 2.45) is 0 Å². The van der Waals surface area contributed by atoms with Crippen molar-refractivity contribution in [2.75, 3.05) is 31.1 Å². The molecule has 1 saturated heterocycles. The molecule has 1 N–H and O–H groups in total. The molecule has 6 nitrogen and oxygen atoms in total. The summed E-state index contributed by atoms with van der Waals surface area (Å²) in [5, 5.41) is 14.9. The Morgan fingerprint density at radius 1 is 1.18 bits per heavy atom. The molecular formula is C21H22FN3O3. The lowest BCUT2D eigenvalue weighted by atomic mass is 10.00. The minimum absolute atomic E-state index is 0.0143. The maximum absolute atomic E-state index is 13.1. The molecule has 2 aromatic carbocycles. The summed E-state index contributed by atoms with van der Waals surface area (Å²) in [5.74, 6) is 0.446. The van der Waals surface area contributed by atoms with Gasteiger partial charge < -0.3 is 14.5 Å². The molecule has 1 aliphatic rings. The number of aromatic hydroxyl groups is 1. The number of fused-ring (bicyclic) bond motifs is 1. The van der Waals surface area contributed by atoms with Crippen molar-refractivity contribution in [1.29, 1.82) is 0 Å². The van der Waals surface area contributed by atoms with Crippen LogP contribution in [0.3, 0.4) is 0 Å². The molecule has 0 bridgehead atoms. The third-order valence-corrected chi connectivity index (χ3v) is 5.33. The number of ketones is 1. The fraction of sp³-hybridized carbons (Fsp3) is 0.333. The summed E-state index contributed by atoms with van der Waals surface area (Å²) >= 11 is 0. The number of piperazine rings is 1. The van der Waals surface area contributed by atoms with E-state index < -0.39 is 0 Å².